The number of esters is 1. The van der Waals surface area contributed by atoms with E-state index < -0.39 is 11.9 Å². The molecule has 0 amide bonds. The van der Waals surface area contributed by atoms with Gasteiger partial charge in [-0.05, 0) is 26.0 Å². The molecule has 0 spiro atoms. The molecular weight excluding hydrogens is 352 g/mol. The van der Waals surface area contributed by atoms with E-state index in [1.807, 2.05) is 6.07 Å². The van der Waals surface area contributed by atoms with Crippen LogP contribution in [0.15, 0.2) is 34.9 Å². The van der Waals surface area contributed by atoms with Crippen LogP contribution in [0, 0.1) is 11.3 Å². The molecule has 0 aromatic heterocycles. The number of hydrogen-bond acceptors (Lipinski definition) is 8. The predicted molar refractivity (Wildman–Crippen MR) is 96.1 cm³/mol. The summed E-state index contributed by atoms with van der Waals surface area (Å²) in [6.07, 6.45) is 0. The number of benzene rings is 1. The third-order valence-corrected chi connectivity index (χ3v) is 4.15. The first-order valence-corrected chi connectivity index (χ1v) is 8.19. The minimum atomic E-state index is -0.900. The van der Waals surface area contributed by atoms with Crippen LogP contribution in [0.5, 0.6) is 17.2 Å². The van der Waals surface area contributed by atoms with Crippen molar-refractivity contribution < 1.29 is 28.5 Å². The van der Waals surface area contributed by atoms with Crippen molar-refractivity contribution in [2.75, 3.05) is 27.9 Å². The molecule has 0 radical (unpaired) electrons. The number of carbonyl (C=O) groups is 1. The van der Waals surface area contributed by atoms with Crippen molar-refractivity contribution in [1.82, 2.24) is 0 Å². The zero-order valence-electron chi connectivity index (χ0n) is 15.9. The Hall–Kier alpha value is -3.34. The van der Waals surface area contributed by atoms with E-state index in [9.17, 15) is 10.1 Å². The molecule has 2 rings (SSSR count). The van der Waals surface area contributed by atoms with Crippen molar-refractivity contribution in [2.24, 2.45) is 5.73 Å². The fraction of sp³-hybridized carbons (Fsp3) is 0.368. The second-order valence-corrected chi connectivity index (χ2v) is 5.53. The summed E-state index contributed by atoms with van der Waals surface area (Å²) in [6, 6.07) is 5.35. The van der Waals surface area contributed by atoms with E-state index in [4.69, 9.17) is 29.4 Å². The van der Waals surface area contributed by atoms with Gasteiger partial charge in [-0.2, -0.15) is 5.26 Å². The zero-order chi connectivity index (χ0) is 20.1. The molecule has 1 aromatic rings. The first-order chi connectivity index (χ1) is 12.9. The van der Waals surface area contributed by atoms with E-state index in [0.717, 1.165) is 0 Å². The van der Waals surface area contributed by atoms with Gasteiger partial charge in [-0.15, -0.1) is 0 Å². The van der Waals surface area contributed by atoms with Crippen LogP contribution in [0.3, 0.4) is 0 Å². The molecule has 0 fully saturated rings. The molecule has 1 atom stereocenters. The Morgan fingerprint density at radius 1 is 1.22 bits per heavy atom. The Morgan fingerprint density at radius 3 is 2.37 bits per heavy atom. The van der Waals surface area contributed by atoms with Crippen molar-refractivity contribution in [3.8, 4) is 23.3 Å². The molecule has 0 bridgehead atoms. The van der Waals surface area contributed by atoms with Gasteiger partial charge in [-0.25, -0.2) is 4.79 Å². The monoisotopic (exact) mass is 374 g/mol. The van der Waals surface area contributed by atoms with Gasteiger partial charge in [-0.3, -0.25) is 0 Å². The van der Waals surface area contributed by atoms with Crippen LogP contribution in [-0.4, -0.2) is 33.9 Å². The number of nitriles is 1. The van der Waals surface area contributed by atoms with Crippen molar-refractivity contribution >= 4 is 5.97 Å². The van der Waals surface area contributed by atoms with Crippen molar-refractivity contribution in [3.05, 3.63) is 40.5 Å². The van der Waals surface area contributed by atoms with Gasteiger partial charge < -0.3 is 29.4 Å². The summed E-state index contributed by atoms with van der Waals surface area (Å²) in [6.45, 7) is 3.43. The van der Waals surface area contributed by atoms with Crippen LogP contribution in [-0.2, 0) is 14.3 Å². The largest absolute Gasteiger partial charge is 0.496 e. The van der Waals surface area contributed by atoms with Crippen LogP contribution in [0.1, 0.15) is 25.3 Å². The highest BCUT2D eigenvalue weighted by atomic mass is 16.5. The van der Waals surface area contributed by atoms with E-state index in [2.05, 4.69) is 0 Å². The maximum absolute atomic E-state index is 12.7. The first-order valence-electron chi connectivity index (χ1n) is 8.19. The lowest BCUT2D eigenvalue weighted by Crippen LogP contribution is -2.26. The number of nitrogens with two attached hydrogens (primary N) is 1. The van der Waals surface area contributed by atoms with Gasteiger partial charge in [0.1, 0.15) is 23.2 Å². The Balaban J connectivity index is 2.87. The predicted octanol–water partition coefficient (Wildman–Crippen LogP) is 2.36. The summed E-state index contributed by atoms with van der Waals surface area (Å²) in [5, 5.41) is 9.71. The lowest BCUT2D eigenvalue weighted by atomic mass is 9.82. The van der Waals surface area contributed by atoms with Crippen LogP contribution < -0.4 is 19.9 Å². The highest BCUT2D eigenvalue weighted by molar-refractivity contribution is 5.93. The van der Waals surface area contributed by atoms with Crippen LogP contribution in [0.4, 0.5) is 0 Å². The quantitative estimate of drug-likeness (QED) is 0.755. The van der Waals surface area contributed by atoms with Gasteiger partial charge in [0.25, 0.3) is 0 Å². The fourth-order valence-electron chi connectivity index (χ4n) is 3.03. The van der Waals surface area contributed by atoms with E-state index in [1.165, 1.54) is 21.3 Å². The standard InChI is InChI=1S/C19H22N2O6/c1-6-26-19(22)14-10(2)27-18(21)11(9-20)15(14)16-12(23-3)7-8-13(24-4)17(16)25-5/h7-8,15H,6,21H2,1-5H3. The molecule has 8 nitrogen and oxygen atoms in total. The average molecular weight is 374 g/mol. The number of rotatable bonds is 6. The van der Waals surface area contributed by atoms with E-state index in [1.54, 1.807) is 26.0 Å². The van der Waals surface area contributed by atoms with E-state index in [-0.39, 0.29) is 29.4 Å². The van der Waals surface area contributed by atoms with Crippen molar-refractivity contribution in [2.45, 2.75) is 19.8 Å². The summed E-state index contributed by atoms with van der Waals surface area (Å²) < 4.78 is 26.9. The second-order valence-electron chi connectivity index (χ2n) is 5.53. The molecule has 1 heterocycles. The molecule has 27 heavy (non-hydrogen) atoms. The maximum Gasteiger partial charge on any atom is 0.338 e. The minimum absolute atomic E-state index is 0.0495. The van der Waals surface area contributed by atoms with Gasteiger partial charge in [0.2, 0.25) is 5.88 Å². The molecule has 8 heteroatoms. The molecule has 1 aliphatic rings. The smallest absolute Gasteiger partial charge is 0.338 e. The zero-order valence-corrected chi connectivity index (χ0v) is 15.9. The molecule has 2 N–H and O–H groups in total. The maximum atomic E-state index is 12.7. The normalized spacial score (nSPS) is 16.4. The van der Waals surface area contributed by atoms with Gasteiger partial charge in [0.15, 0.2) is 11.5 Å². The second kappa shape index (κ2) is 8.36. The first kappa shape index (κ1) is 20.0. The lowest BCUT2D eigenvalue weighted by molar-refractivity contribution is -0.139. The summed E-state index contributed by atoms with van der Waals surface area (Å²) in [7, 11) is 4.42. The number of allylic oxidation sites excluding steroid dienone is 2. The summed E-state index contributed by atoms with van der Waals surface area (Å²) >= 11 is 0. The fourth-order valence-corrected chi connectivity index (χ4v) is 3.03. The third-order valence-electron chi connectivity index (χ3n) is 4.15. The highest BCUT2D eigenvalue weighted by Gasteiger charge is 2.40. The summed E-state index contributed by atoms with van der Waals surface area (Å²) in [4.78, 5) is 12.7. The van der Waals surface area contributed by atoms with Gasteiger partial charge in [0.05, 0.1) is 45.0 Å². The van der Waals surface area contributed by atoms with Crippen molar-refractivity contribution in [3.63, 3.8) is 0 Å². The molecule has 0 saturated carbocycles. The average Bonchev–Trinajstić information content (AvgIpc) is 2.66. The highest BCUT2D eigenvalue weighted by Crippen LogP contribution is 2.49. The third kappa shape index (κ3) is 3.49. The van der Waals surface area contributed by atoms with Crippen LogP contribution >= 0.6 is 0 Å². The van der Waals surface area contributed by atoms with Crippen LogP contribution in [0.2, 0.25) is 0 Å². The molecule has 144 valence electrons. The number of hydrogen-bond donors (Lipinski definition) is 1. The number of ether oxygens (including phenoxy) is 5. The van der Waals surface area contributed by atoms with Gasteiger partial charge >= 0.3 is 5.97 Å². The van der Waals surface area contributed by atoms with E-state index in [0.29, 0.717) is 22.8 Å². The Kier molecular flexibility index (Phi) is 6.19. The topological polar surface area (TPSA) is 113 Å². The molecular formula is C19H22N2O6. The Bertz CT molecular complexity index is 850. The number of methoxy groups -OCH3 is 3. The minimum Gasteiger partial charge on any atom is -0.496 e. The van der Waals surface area contributed by atoms with E-state index >= 15 is 0 Å². The summed E-state index contributed by atoms with van der Waals surface area (Å²) in [5.41, 5.74) is 6.55. The lowest BCUT2D eigenvalue weighted by Gasteiger charge is -2.29. The van der Waals surface area contributed by atoms with Gasteiger partial charge in [0, 0.05) is 0 Å². The Morgan fingerprint density at radius 2 is 1.85 bits per heavy atom. The number of carbonyl (C=O) groups excluding carboxylic acids is 1. The van der Waals surface area contributed by atoms with Gasteiger partial charge in [-0.1, -0.05) is 0 Å². The molecule has 1 aromatic carbocycles. The summed E-state index contributed by atoms with van der Waals surface area (Å²) in [5.74, 6) is -0.248. The number of nitrogens with zero attached hydrogens (tertiary/aromatic N) is 1. The van der Waals surface area contributed by atoms with Crippen LogP contribution in [0.25, 0.3) is 0 Å². The molecule has 0 aliphatic carbocycles. The molecule has 0 saturated heterocycles. The van der Waals surface area contributed by atoms with Crippen molar-refractivity contribution in [1.29, 1.82) is 5.26 Å². The SMILES string of the molecule is CCOC(=O)C1=C(C)OC(N)=C(C#N)C1c1c(OC)ccc(OC)c1OC. The molecule has 1 unspecified atom stereocenters. The Labute approximate surface area is 157 Å². The molecule has 1 aliphatic heterocycles.